The maximum absolute atomic E-state index is 5.08. The summed E-state index contributed by atoms with van der Waals surface area (Å²) in [6, 6.07) is 0. The maximum atomic E-state index is 5.08. The van der Waals surface area contributed by atoms with Gasteiger partial charge in [-0.05, 0) is 6.92 Å². The molecule has 1 aromatic heterocycles. The van der Waals surface area contributed by atoms with Crippen molar-refractivity contribution in [3.05, 3.63) is 11.4 Å². The number of aromatic nitrogens is 2. The van der Waals surface area contributed by atoms with Crippen LogP contribution >= 0.6 is 0 Å². The minimum absolute atomic E-state index is 0.664. The van der Waals surface area contributed by atoms with E-state index in [2.05, 4.69) is 26.2 Å². The van der Waals surface area contributed by atoms with E-state index >= 15 is 0 Å². The van der Waals surface area contributed by atoms with Crippen molar-refractivity contribution < 1.29 is 4.63 Å². The smallest absolute Gasteiger partial charge is 0.121 e. The average Bonchev–Trinajstić information content (AvgIpc) is 2.46. The minimum Gasteiger partial charge on any atom is -0.310 e. The summed E-state index contributed by atoms with van der Waals surface area (Å²) in [5.41, 5.74) is 1.66. The second-order valence-electron chi connectivity index (χ2n) is 2.43. The summed E-state index contributed by atoms with van der Waals surface area (Å²) in [5.74, 6) is 2.54. The molecule has 0 spiro atoms. The molecule has 0 fully saturated rings. The Kier molecular flexibility index (Phi) is 3.30. The second-order valence-corrected chi connectivity index (χ2v) is 2.43. The molecule has 0 saturated heterocycles. The molecular weight excluding hydrogens is 154 g/mol. The van der Waals surface area contributed by atoms with Crippen molar-refractivity contribution in [1.82, 2.24) is 15.6 Å². The molecule has 0 radical (unpaired) electrons. The quantitative estimate of drug-likeness (QED) is 0.521. The van der Waals surface area contributed by atoms with Gasteiger partial charge in [-0.2, -0.15) is 0 Å². The van der Waals surface area contributed by atoms with Gasteiger partial charge >= 0.3 is 0 Å². The van der Waals surface area contributed by atoms with Crippen LogP contribution in [0.25, 0.3) is 0 Å². The van der Waals surface area contributed by atoms with Gasteiger partial charge < -0.3 is 5.32 Å². The number of nitrogens with one attached hydrogen (secondary N) is 1. The molecule has 0 atom stereocenters. The van der Waals surface area contributed by atoms with Crippen LogP contribution in [-0.4, -0.2) is 16.9 Å². The highest BCUT2D eigenvalue weighted by Crippen LogP contribution is 1.98. The highest BCUT2D eigenvalue weighted by atomic mass is 16.6. The Morgan fingerprint density at radius 3 is 3.00 bits per heavy atom. The predicted octanol–water partition coefficient (Wildman–Crippen LogP) is 0.491. The summed E-state index contributed by atoms with van der Waals surface area (Å²) in [6.07, 6.45) is 5.81. The van der Waals surface area contributed by atoms with Crippen LogP contribution < -0.4 is 5.32 Å². The molecular formula is C8H11N3O. The van der Waals surface area contributed by atoms with Crippen molar-refractivity contribution in [1.29, 1.82) is 0 Å². The van der Waals surface area contributed by atoms with Crippen molar-refractivity contribution in [2.45, 2.75) is 19.9 Å². The number of rotatable bonds is 4. The first kappa shape index (κ1) is 8.75. The fourth-order valence-electron chi connectivity index (χ4n) is 0.777. The van der Waals surface area contributed by atoms with Gasteiger partial charge in [0, 0.05) is 19.5 Å². The molecule has 4 nitrogen and oxygen atoms in total. The molecule has 0 saturated carbocycles. The highest BCUT2D eigenvalue weighted by molar-refractivity contribution is 5.03. The maximum Gasteiger partial charge on any atom is 0.121 e. The Hall–Kier alpha value is -1.34. The van der Waals surface area contributed by atoms with Crippen LogP contribution in [0, 0.1) is 19.3 Å². The molecule has 12 heavy (non-hydrogen) atoms. The van der Waals surface area contributed by atoms with Crippen molar-refractivity contribution in [2.75, 3.05) is 6.54 Å². The summed E-state index contributed by atoms with van der Waals surface area (Å²) in [5, 5.41) is 10.5. The lowest BCUT2D eigenvalue weighted by Gasteiger charge is -1.97. The topological polar surface area (TPSA) is 51.0 Å². The summed E-state index contributed by atoms with van der Waals surface area (Å²) < 4.78 is 4.52. The zero-order valence-corrected chi connectivity index (χ0v) is 7.00. The molecule has 0 amide bonds. The van der Waals surface area contributed by atoms with E-state index in [9.17, 15) is 0 Å². The van der Waals surface area contributed by atoms with Crippen LogP contribution in [0.5, 0.6) is 0 Å². The van der Waals surface area contributed by atoms with E-state index in [0.29, 0.717) is 6.54 Å². The SMILES string of the molecule is C#CCCNCc1nonc1C. The largest absolute Gasteiger partial charge is 0.310 e. The Labute approximate surface area is 71.3 Å². The molecule has 64 valence electrons. The van der Waals surface area contributed by atoms with Crippen LogP contribution in [-0.2, 0) is 6.54 Å². The normalized spacial score (nSPS) is 9.67. The van der Waals surface area contributed by atoms with Crippen molar-refractivity contribution in [3.8, 4) is 12.3 Å². The Bertz CT molecular complexity index is 274. The van der Waals surface area contributed by atoms with Gasteiger partial charge in [-0.1, -0.05) is 10.3 Å². The van der Waals surface area contributed by atoms with Crippen LogP contribution in [0.2, 0.25) is 0 Å². The van der Waals surface area contributed by atoms with Gasteiger partial charge in [0.2, 0.25) is 0 Å². The second kappa shape index (κ2) is 4.52. The molecule has 1 rings (SSSR count). The highest BCUT2D eigenvalue weighted by Gasteiger charge is 2.02. The van der Waals surface area contributed by atoms with Gasteiger partial charge in [-0.15, -0.1) is 12.3 Å². The zero-order chi connectivity index (χ0) is 8.81. The molecule has 0 bridgehead atoms. The Morgan fingerprint density at radius 2 is 2.42 bits per heavy atom. The lowest BCUT2D eigenvalue weighted by Crippen LogP contribution is -2.15. The van der Waals surface area contributed by atoms with Crippen LogP contribution in [0.4, 0.5) is 0 Å². The fourth-order valence-corrected chi connectivity index (χ4v) is 0.777. The third-order valence-electron chi connectivity index (χ3n) is 1.48. The predicted molar refractivity (Wildman–Crippen MR) is 44.2 cm³/mol. The molecule has 0 aliphatic rings. The number of nitrogens with zero attached hydrogens (tertiary/aromatic N) is 2. The zero-order valence-electron chi connectivity index (χ0n) is 7.00. The number of hydrogen-bond donors (Lipinski definition) is 1. The minimum atomic E-state index is 0.664. The molecule has 0 aromatic carbocycles. The summed E-state index contributed by atoms with van der Waals surface area (Å²) in [6.45, 7) is 3.31. The van der Waals surface area contributed by atoms with Crippen molar-refractivity contribution >= 4 is 0 Å². The van der Waals surface area contributed by atoms with E-state index in [1.807, 2.05) is 6.92 Å². The Morgan fingerprint density at radius 1 is 1.58 bits per heavy atom. The Balaban J connectivity index is 2.25. The van der Waals surface area contributed by atoms with E-state index < -0.39 is 0 Å². The first-order valence-corrected chi connectivity index (χ1v) is 3.77. The van der Waals surface area contributed by atoms with Crippen molar-refractivity contribution in [2.24, 2.45) is 0 Å². The molecule has 1 aromatic rings. The lowest BCUT2D eigenvalue weighted by atomic mass is 10.3. The van der Waals surface area contributed by atoms with Crippen LogP contribution in [0.3, 0.4) is 0 Å². The number of hydrogen-bond acceptors (Lipinski definition) is 4. The van der Waals surface area contributed by atoms with E-state index in [1.165, 1.54) is 0 Å². The van der Waals surface area contributed by atoms with Gasteiger partial charge in [0.05, 0.1) is 0 Å². The van der Waals surface area contributed by atoms with E-state index in [1.54, 1.807) is 0 Å². The van der Waals surface area contributed by atoms with Crippen LogP contribution in [0.15, 0.2) is 4.63 Å². The van der Waals surface area contributed by atoms with Gasteiger partial charge in [0.25, 0.3) is 0 Å². The summed E-state index contributed by atoms with van der Waals surface area (Å²) in [7, 11) is 0. The molecule has 0 aliphatic heterocycles. The third-order valence-corrected chi connectivity index (χ3v) is 1.48. The van der Waals surface area contributed by atoms with E-state index in [4.69, 9.17) is 6.42 Å². The van der Waals surface area contributed by atoms with Crippen LogP contribution in [0.1, 0.15) is 17.8 Å². The molecule has 1 N–H and O–H groups in total. The summed E-state index contributed by atoms with van der Waals surface area (Å²) in [4.78, 5) is 0. The molecule has 0 aliphatic carbocycles. The van der Waals surface area contributed by atoms with E-state index in [-0.39, 0.29) is 0 Å². The van der Waals surface area contributed by atoms with Gasteiger partial charge in [-0.3, -0.25) is 0 Å². The van der Waals surface area contributed by atoms with Gasteiger partial charge in [-0.25, -0.2) is 4.63 Å². The molecule has 0 unspecified atom stereocenters. The average molecular weight is 165 g/mol. The standard InChI is InChI=1S/C8H11N3O/c1-3-4-5-9-6-8-7(2)10-12-11-8/h1,9H,4-6H2,2H3. The summed E-state index contributed by atoms with van der Waals surface area (Å²) >= 11 is 0. The fraction of sp³-hybridized carbons (Fsp3) is 0.500. The molecule has 1 heterocycles. The van der Waals surface area contributed by atoms with Crippen molar-refractivity contribution in [3.63, 3.8) is 0 Å². The van der Waals surface area contributed by atoms with E-state index in [0.717, 1.165) is 24.4 Å². The van der Waals surface area contributed by atoms with Gasteiger partial charge in [0.15, 0.2) is 0 Å². The monoisotopic (exact) mass is 165 g/mol. The van der Waals surface area contributed by atoms with Gasteiger partial charge in [0.1, 0.15) is 11.4 Å². The first-order chi connectivity index (χ1) is 5.84. The molecule has 4 heteroatoms. The lowest BCUT2D eigenvalue weighted by molar-refractivity contribution is 0.300. The number of aryl methyl sites for hydroxylation is 1. The first-order valence-electron chi connectivity index (χ1n) is 3.77. The number of terminal acetylenes is 1. The third kappa shape index (κ3) is 2.36.